The number of hydrogen-bond donors (Lipinski definition) is 2. The van der Waals surface area contributed by atoms with Gasteiger partial charge in [0.15, 0.2) is 0 Å². The molecular weight excluding hydrogens is 270 g/mol. The molecule has 3 nitrogen and oxygen atoms in total. The summed E-state index contributed by atoms with van der Waals surface area (Å²) in [6.45, 7) is 0.740. The number of thioether (sulfide) groups is 1. The second-order valence-electron chi connectivity index (χ2n) is 4.39. The van der Waals surface area contributed by atoms with E-state index in [1.165, 1.54) is 4.90 Å². The van der Waals surface area contributed by atoms with E-state index in [0.717, 1.165) is 11.4 Å². The van der Waals surface area contributed by atoms with Crippen molar-refractivity contribution in [1.82, 2.24) is 0 Å². The molecular formula is C16H19NO2S. The van der Waals surface area contributed by atoms with Crippen molar-refractivity contribution in [1.29, 1.82) is 0 Å². The molecule has 0 aliphatic rings. The van der Waals surface area contributed by atoms with Crippen molar-refractivity contribution in [3.63, 3.8) is 0 Å². The van der Waals surface area contributed by atoms with Crippen molar-refractivity contribution in [3.8, 4) is 5.75 Å². The van der Waals surface area contributed by atoms with Crippen LogP contribution in [0.1, 0.15) is 0 Å². The van der Waals surface area contributed by atoms with Crippen molar-refractivity contribution in [2.24, 2.45) is 0 Å². The summed E-state index contributed by atoms with van der Waals surface area (Å²) in [7, 11) is 0. The number of nitrogens with one attached hydrogen (secondary N) is 1. The van der Waals surface area contributed by atoms with Gasteiger partial charge in [-0.1, -0.05) is 24.3 Å². The molecule has 0 aromatic heterocycles. The van der Waals surface area contributed by atoms with Crippen LogP contribution in [-0.4, -0.2) is 30.6 Å². The first-order valence-corrected chi connectivity index (χ1v) is 7.74. The first kappa shape index (κ1) is 14.8. The standard InChI is InChI=1S/C16H19NO2S/c1-20-16-9-5-6-13(10-16)17-11-14(18)12-19-15-7-3-2-4-8-15/h2-10,14,17-18H,11-12H2,1H3. The monoisotopic (exact) mass is 289 g/mol. The lowest BCUT2D eigenvalue weighted by atomic mass is 10.3. The van der Waals surface area contributed by atoms with E-state index in [4.69, 9.17) is 4.74 Å². The second-order valence-corrected chi connectivity index (χ2v) is 5.27. The van der Waals surface area contributed by atoms with E-state index < -0.39 is 6.10 Å². The van der Waals surface area contributed by atoms with Crippen LogP contribution in [0.4, 0.5) is 5.69 Å². The lowest BCUT2D eigenvalue weighted by Crippen LogP contribution is -2.26. The fourth-order valence-corrected chi connectivity index (χ4v) is 2.20. The van der Waals surface area contributed by atoms with Crippen molar-refractivity contribution < 1.29 is 9.84 Å². The van der Waals surface area contributed by atoms with Crippen LogP contribution in [0.5, 0.6) is 5.75 Å². The van der Waals surface area contributed by atoms with Crippen molar-refractivity contribution in [2.75, 3.05) is 24.7 Å². The van der Waals surface area contributed by atoms with Gasteiger partial charge < -0.3 is 15.2 Å². The number of anilines is 1. The zero-order valence-corrected chi connectivity index (χ0v) is 12.3. The first-order chi connectivity index (χ1) is 9.78. The smallest absolute Gasteiger partial charge is 0.119 e. The quantitative estimate of drug-likeness (QED) is 0.768. The van der Waals surface area contributed by atoms with E-state index in [0.29, 0.717) is 6.54 Å². The third kappa shape index (κ3) is 4.79. The average molecular weight is 289 g/mol. The predicted molar refractivity (Wildman–Crippen MR) is 84.7 cm³/mol. The molecule has 20 heavy (non-hydrogen) atoms. The second kappa shape index (κ2) is 7.82. The Labute approximate surface area is 124 Å². The molecule has 0 aliphatic heterocycles. The molecule has 0 fully saturated rings. The number of ether oxygens (including phenoxy) is 1. The summed E-state index contributed by atoms with van der Waals surface area (Å²) in [6.07, 6.45) is 1.50. The minimum Gasteiger partial charge on any atom is -0.491 e. The molecule has 0 bridgehead atoms. The normalized spacial score (nSPS) is 11.9. The molecule has 0 spiro atoms. The molecule has 2 aromatic rings. The minimum atomic E-state index is -0.548. The Bertz CT molecular complexity index is 519. The number of aliphatic hydroxyl groups excluding tert-OH is 1. The molecule has 0 saturated heterocycles. The molecule has 0 amide bonds. The number of benzene rings is 2. The van der Waals surface area contributed by atoms with Crippen LogP contribution < -0.4 is 10.1 Å². The van der Waals surface area contributed by atoms with Crippen molar-refractivity contribution >= 4 is 17.4 Å². The van der Waals surface area contributed by atoms with Crippen LogP contribution in [-0.2, 0) is 0 Å². The maximum atomic E-state index is 9.91. The van der Waals surface area contributed by atoms with E-state index in [1.807, 2.05) is 48.7 Å². The summed E-state index contributed by atoms with van der Waals surface area (Å²) >= 11 is 1.70. The van der Waals surface area contributed by atoms with E-state index >= 15 is 0 Å². The lowest BCUT2D eigenvalue weighted by Gasteiger charge is -2.14. The Kier molecular flexibility index (Phi) is 5.77. The maximum absolute atomic E-state index is 9.91. The Balaban J connectivity index is 1.75. The summed E-state index contributed by atoms with van der Waals surface area (Å²) in [5, 5.41) is 13.1. The fourth-order valence-electron chi connectivity index (χ4n) is 1.74. The van der Waals surface area contributed by atoms with Gasteiger partial charge in [0, 0.05) is 17.1 Å². The van der Waals surface area contributed by atoms with Gasteiger partial charge in [0.25, 0.3) is 0 Å². The van der Waals surface area contributed by atoms with Crippen molar-refractivity contribution in [3.05, 3.63) is 54.6 Å². The lowest BCUT2D eigenvalue weighted by molar-refractivity contribution is 0.117. The Hall–Kier alpha value is -1.65. The Morgan fingerprint density at radius 2 is 1.95 bits per heavy atom. The summed E-state index contributed by atoms with van der Waals surface area (Å²) < 4.78 is 5.51. The average Bonchev–Trinajstić information content (AvgIpc) is 2.52. The van der Waals surface area contributed by atoms with E-state index in [-0.39, 0.29) is 6.61 Å². The molecule has 2 aromatic carbocycles. The number of rotatable bonds is 7. The number of para-hydroxylation sites is 1. The summed E-state index contributed by atoms with van der Waals surface area (Å²) in [6, 6.07) is 17.6. The molecule has 0 heterocycles. The highest BCUT2D eigenvalue weighted by atomic mass is 32.2. The molecule has 4 heteroatoms. The molecule has 2 N–H and O–H groups in total. The molecule has 0 saturated carbocycles. The predicted octanol–water partition coefficient (Wildman–Crippen LogP) is 3.26. The minimum absolute atomic E-state index is 0.277. The van der Waals surface area contributed by atoms with Crippen LogP contribution in [0.2, 0.25) is 0 Å². The molecule has 1 atom stereocenters. The zero-order valence-electron chi connectivity index (χ0n) is 11.5. The van der Waals surface area contributed by atoms with Gasteiger partial charge >= 0.3 is 0 Å². The van der Waals surface area contributed by atoms with Gasteiger partial charge in [-0.15, -0.1) is 11.8 Å². The molecule has 106 valence electrons. The first-order valence-electron chi connectivity index (χ1n) is 6.52. The SMILES string of the molecule is CSc1cccc(NCC(O)COc2ccccc2)c1. The summed E-state index contributed by atoms with van der Waals surface area (Å²) in [5.74, 6) is 0.774. The molecule has 2 rings (SSSR count). The Morgan fingerprint density at radius 1 is 1.15 bits per heavy atom. The van der Waals surface area contributed by atoms with Gasteiger partial charge in [0.2, 0.25) is 0 Å². The highest BCUT2D eigenvalue weighted by Crippen LogP contribution is 2.18. The highest BCUT2D eigenvalue weighted by molar-refractivity contribution is 7.98. The van der Waals surface area contributed by atoms with Gasteiger partial charge in [-0.25, -0.2) is 0 Å². The maximum Gasteiger partial charge on any atom is 0.119 e. The number of aliphatic hydroxyl groups is 1. The van der Waals surface area contributed by atoms with E-state index in [2.05, 4.69) is 17.4 Å². The van der Waals surface area contributed by atoms with Gasteiger partial charge in [-0.05, 0) is 36.6 Å². The fraction of sp³-hybridized carbons (Fsp3) is 0.250. The largest absolute Gasteiger partial charge is 0.491 e. The highest BCUT2D eigenvalue weighted by Gasteiger charge is 2.05. The van der Waals surface area contributed by atoms with Gasteiger partial charge in [-0.3, -0.25) is 0 Å². The third-order valence-corrected chi connectivity index (χ3v) is 3.52. The van der Waals surface area contributed by atoms with Gasteiger partial charge in [0.1, 0.15) is 18.5 Å². The third-order valence-electron chi connectivity index (χ3n) is 2.80. The van der Waals surface area contributed by atoms with Crippen LogP contribution in [0.25, 0.3) is 0 Å². The summed E-state index contributed by atoms with van der Waals surface area (Å²) in [4.78, 5) is 1.20. The van der Waals surface area contributed by atoms with E-state index in [9.17, 15) is 5.11 Å². The van der Waals surface area contributed by atoms with Gasteiger partial charge in [0.05, 0.1) is 0 Å². The van der Waals surface area contributed by atoms with Gasteiger partial charge in [-0.2, -0.15) is 0 Å². The van der Waals surface area contributed by atoms with Crippen LogP contribution in [0, 0.1) is 0 Å². The zero-order chi connectivity index (χ0) is 14.2. The Morgan fingerprint density at radius 3 is 2.70 bits per heavy atom. The van der Waals surface area contributed by atoms with Crippen LogP contribution in [0.3, 0.4) is 0 Å². The number of hydrogen-bond acceptors (Lipinski definition) is 4. The topological polar surface area (TPSA) is 41.5 Å². The van der Waals surface area contributed by atoms with E-state index in [1.54, 1.807) is 11.8 Å². The van der Waals surface area contributed by atoms with Crippen LogP contribution in [0.15, 0.2) is 59.5 Å². The molecule has 0 radical (unpaired) electrons. The molecule has 0 aliphatic carbocycles. The van der Waals surface area contributed by atoms with Crippen LogP contribution >= 0.6 is 11.8 Å². The summed E-state index contributed by atoms with van der Waals surface area (Å²) in [5.41, 5.74) is 1.01. The van der Waals surface area contributed by atoms with Crippen molar-refractivity contribution in [2.45, 2.75) is 11.0 Å². The molecule has 1 unspecified atom stereocenters.